The minimum absolute atomic E-state index is 0.334. The van der Waals surface area contributed by atoms with E-state index in [9.17, 15) is 9.59 Å². The Morgan fingerprint density at radius 1 is 1.26 bits per heavy atom. The molecule has 10 heteroatoms. The average molecular weight is 334 g/mol. The number of furan rings is 1. The van der Waals surface area contributed by atoms with Gasteiger partial charge in [0.1, 0.15) is 12.3 Å². The lowest BCUT2D eigenvalue weighted by molar-refractivity contribution is 0.462. The lowest BCUT2D eigenvalue weighted by Crippen LogP contribution is -2.37. The van der Waals surface area contributed by atoms with E-state index in [1.165, 1.54) is 29.4 Å². The van der Waals surface area contributed by atoms with E-state index in [0.717, 1.165) is 10.3 Å². The molecule has 0 radical (unpaired) electrons. The molecule has 120 valence electrons. The third kappa shape index (κ3) is 3.11. The number of nitrogens with zero attached hydrogens (tertiary/aromatic N) is 6. The van der Waals surface area contributed by atoms with Crippen molar-refractivity contribution in [2.45, 2.75) is 17.5 Å². The predicted molar refractivity (Wildman–Crippen MR) is 82.1 cm³/mol. The zero-order chi connectivity index (χ0) is 16.4. The first-order valence-corrected chi connectivity index (χ1v) is 7.72. The average Bonchev–Trinajstić information content (AvgIpc) is 3.20. The summed E-state index contributed by atoms with van der Waals surface area (Å²) in [5.74, 6) is 1.14. The highest BCUT2D eigenvalue weighted by Crippen LogP contribution is 2.19. The molecule has 0 unspecified atom stereocenters. The van der Waals surface area contributed by atoms with Gasteiger partial charge in [-0.25, -0.2) is 9.48 Å². The van der Waals surface area contributed by atoms with Crippen LogP contribution in [0, 0.1) is 0 Å². The van der Waals surface area contributed by atoms with Crippen molar-refractivity contribution >= 4 is 11.8 Å². The second-order valence-electron chi connectivity index (χ2n) is 4.86. The fourth-order valence-electron chi connectivity index (χ4n) is 2.00. The number of aromatic nitrogens is 6. The molecule has 0 saturated heterocycles. The van der Waals surface area contributed by atoms with Crippen LogP contribution in [0.4, 0.5) is 0 Å². The highest BCUT2D eigenvalue weighted by atomic mass is 32.2. The Bertz CT molecular complexity index is 924. The molecule has 3 aromatic heterocycles. The van der Waals surface area contributed by atoms with Gasteiger partial charge in [0, 0.05) is 31.6 Å². The van der Waals surface area contributed by atoms with Gasteiger partial charge in [-0.1, -0.05) is 11.8 Å². The molecular formula is C13H14N6O3S. The maximum Gasteiger partial charge on any atom is 0.330 e. The van der Waals surface area contributed by atoms with Crippen molar-refractivity contribution in [3.05, 3.63) is 56.8 Å². The number of tetrazole rings is 1. The van der Waals surface area contributed by atoms with Crippen LogP contribution in [0.1, 0.15) is 11.5 Å². The third-order valence-electron chi connectivity index (χ3n) is 3.36. The van der Waals surface area contributed by atoms with Crippen molar-refractivity contribution in [3.63, 3.8) is 0 Å². The molecule has 0 atom stereocenters. The van der Waals surface area contributed by atoms with E-state index in [1.54, 1.807) is 24.1 Å². The largest absolute Gasteiger partial charge is 0.467 e. The normalized spacial score (nSPS) is 11.0. The van der Waals surface area contributed by atoms with E-state index < -0.39 is 0 Å². The predicted octanol–water partition coefficient (Wildman–Crippen LogP) is 0.00410. The minimum Gasteiger partial charge on any atom is -0.467 e. The topological polar surface area (TPSA) is 101 Å². The van der Waals surface area contributed by atoms with Crippen LogP contribution in [0.5, 0.6) is 0 Å². The van der Waals surface area contributed by atoms with Crippen molar-refractivity contribution < 1.29 is 4.42 Å². The molecular weight excluding hydrogens is 320 g/mol. The van der Waals surface area contributed by atoms with Gasteiger partial charge in [-0.15, -0.1) is 5.10 Å². The summed E-state index contributed by atoms with van der Waals surface area (Å²) in [5, 5.41) is 12.1. The van der Waals surface area contributed by atoms with Gasteiger partial charge in [0.15, 0.2) is 0 Å². The molecule has 0 aliphatic heterocycles. The molecule has 23 heavy (non-hydrogen) atoms. The van der Waals surface area contributed by atoms with Crippen LogP contribution in [-0.2, 0) is 26.4 Å². The first-order valence-electron chi connectivity index (χ1n) is 6.73. The molecule has 3 rings (SSSR count). The van der Waals surface area contributed by atoms with Crippen molar-refractivity contribution in [2.24, 2.45) is 14.1 Å². The van der Waals surface area contributed by atoms with E-state index >= 15 is 0 Å². The van der Waals surface area contributed by atoms with Crippen molar-refractivity contribution in [1.29, 1.82) is 0 Å². The number of rotatable bonds is 5. The van der Waals surface area contributed by atoms with Crippen LogP contribution in [0.2, 0.25) is 0 Å². The summed E-state index contributed by atoms with van der Waals surface area (Å²) >= 11 is 1.34. The Labute approximate surface area is 134 Å². The standard InChI is InChI=1S/C13H14N6O3S/c1-17-9(6-11(20)18(2)13(17)21)8-23-12-14-15-16-19(12)7-10-4-3-5-22-10/h3-6H,7-8H2,1-2H3. The van der Waals surface area contributed by atoms with Crippen LogP contribution in [-0.4, -0.2) is 29.3 Å². The highest BCUT2D eigenvalue weighted by molar-refractivity contribution is 7.98. The molecule has 9 nitrogen and oxygen atoms in total. The molecule has 0 aliphatic rings. The van der Waals surface area contributed by atoms with E-state index in [0.29, 0.717) is 23.1 Å². The maximum absolute atomic E-state index is 11.9. The smallest absolute Gasteiger partial charge is 0.330 e. The highest BCUT2D eigenvalue weighted by Gasteiger charge is 2.11. The van der Waals surface area contributed by atoms with Crippen molar-refractivity contribution in [2.75, 3.05) is 0 Å². The Morgan fingerprint density at radius 3 is 2.83 bits per heavy atom. The van der Waals surface area contributed by atoms with E-state index in [-0.39, 0.29) is 11.2 Å². The molecule has 0 N–H and O–H groups in total. The molecule has 0 aliphatic carbocycles. The zero-order valence-electron chi connectivity index (χ0n) is 12.5. The van der Waals surface area contributed by atoms with E-state index in [4.69, 9.17) is 4.42 Å². The van der Waals surface area contributed by atoms with Gasteiger partial charge in [0.05, 0.1) is 6.26 Å². The third-order valence-corrected chi connectivity index (χ3v) is 4.35. The lowest BCUT2D eigenvalue weighted by atomic mass is 10.4. The summed E-state index contributed by atoms with van der Waals surface area (Å²) in [4.78, 5) is 23.6. The number of hydrogen-bond acceptors (Lipinski definition) is 7. The quantitative estimate of drug-likeness (QED) is 0.606. The van der Waals surface area contributed by atoms with Gasteiger partial charge in [0.25, 0.3) is 5.56 Å². The first kappa shape index (κ1) is 15.3. The molecule has 3 aromatic rings. The summed E-state index contributed by atoms with van der Waals surface area (Å²) in [5.41, 5.74) is -0.0854. The minimum atomic E-state index is -0.358. The summed E-state index contributed by atoms with van der Waals surface area (Å²) in [6, 6.07) is 5.07. The fraction of sp³-hybridized carbons (Fsp3) is 0.308. The summed E-state index contributed by atoms with van der Waals surface area (Å²) < 4.78 is 9.38. The molecule has 0 amide bonds. The Balaban J connectivity index is 1.79. The van der Waals surface area contributed by atoms with Gasteiger partial charge in [-0.2, -0.15) is 0 Å². The Hall–Kier alpha value is -2.62. The van der Waals surface area contributed by atoms with Gasteiger partial charge < -0.3 is 4.42 Å². The van der Waals surface area contributed by atoms with Gasteiger partial charge in [0.2, 0.25) is 5.16 Å². The fourth-order valence-corrected chi connectivity index (χ4v) is 2.90. The summed E-state index contributed by atoms with van der Waals surface area (Å²) in [6.45, 7) is 0.415. The van der Waals surface area contributed by atoms with Crippen LogP contribution >= 0.6 is 11.8 Å². The van der Waals surface area contributed by atoms with Crippen LogP contribution in [0.3, 0.4) is 0 Å². The Morgan fingerprint density at radius 2 is 2.09 bits per heavy atom. The zero-order valence-corrected chi connectivity index (χ0v) is 13.4. The van der Waals surface area contributed by atoms with Crippen LogP contribution in [0.15, 0.2) is 43.6 Å². The van der Waals surface area contributed by atoms with Crippen molar-refractivity contribution in [1.82, 2.24) is 29.3 Å². The summed E-state index contributed by atoms with van der Waals surface area (Å²) in [6.07, 6.45) is 1.59. The number of hydrogen-bond donors (Lipinski definition) is 0. The Kier molecular flexibility index (Phi) is 4.15. The SMILES string of the molecule is Cn1c(CSc2nnnn2Cc2ccco2)cc(=O)n(C)c1=O. The van der Waals surface area contributed by atoms with E-state index in [2.05, 4.69) is 15.5 Å². The molecule has 0 saturated carbocycles. The van der Waals surface area contributed by atoms with Gasteiger partial charge >= 0.3 is 5.69 Å². The summed E-state index contributed by atoms with van der Waals surface area (Å²) in [7, 11) is 3.08. The molecule has 0 fully saturated rings. The van der Waals surface area contributed by atoms with Gasteiger partial charge in [-0.05, 0) is 22.6 Å². The maximum atomic E-state index is 11.9. The second kappa shape index (κ2) is 6.24. The molecule has 0 aromatic carbocycles. The monoisotopic (exact) mass is 334 g/mol. The van der Waals surface area contributed by atoms with Crippen LogP contribution in [0.25, 0.3) is 0 Å². The molecule has 0 spiro atoms. The second-order valence-corrected chi connectivity index (χ2v) is 5.80. The van der Waals surface area contributed by atoms with Crippen molar-refractivity contribution in [3.8, 4) is 0 Å². The van der Waals surface area contributed by atoms with Gasteiger partial charge in [-0.3, -0.25) is 13.9 Å². The number of thioether (sulfide) groups is 1. The van der Waals surface area contributed by atoms with Crippen LogP contribution < -0.4 is 11.2 Å². The first-order chi connectivity index (χ1) is 11.1. The molecule has 0 bridgehead atoms. The molecule has 3 heterocycles. The van der Waals surface area contributed by atoms with E-state index in [1.807, 2.05) is 6.07 Å². The lowest BCUT2D eigenvalue weighted by Gasteiger charge is -2.08.